The molecule has 2 aliphatic rings. The van der Waals surface area contributed by atoms with E-state index in [0.29, 0.717) is 17.3 Å². The van der Waals surface area contributed by atoms with Gasteiger partial charge in [-0.2, -0.15) is 4.31 Å². The number of carbonyl (C=O) groups is 1. The van der Waals surface area contributed by atoms with E-state index in [0.717, 1.165) is 37.0 Å². The third kappa shape index (κ3) is 5.30. The maximum absolute atomic E-state index is 12.7. The fraction of sp³-hybridized carbons (Fsp3) is 0.737. The third-order valence-corrected chi connectivity index (χ3v) is 8.80. The van der Waals surface area contributed by atoms with Gasteiger partial charge in [0.15, 0.2) is 0 Å². The SMILES string of the molecule is O=C(Cc1ccc(S(=O)(=O)N2CCCCC2)s1)NC1CCCCCCC1. The first kappa shape index (κ1) is 19.8. The van der Waals surface area contributed by atoms with Gasteiger partial charge in [0.25, 0.3) is 10.0 Å². The van der Waals surface area contributed by atoms with Crippen molar-refractivity contribution in [3.63, 3.8) is 0 Å². The molecule has 0 aromatic carbocycles. The van der Waals surface area contributed by atoms with Crippen LogP contribution in [0.25, 0.3) is 0 Å². The summed E-state index contributed by atoms with van der Waals surface area (Å²) in [6.07, 6.45) is 11.6. The van der Waals surface area contributed by atoms with Crippen molar-refractivity contribution < 1.29 is 13.2 Å². The summed E-state index contributed by atoms with van der Waals surface area (Å²) >= 11 is 1.24. The molecule has 0 radical (unpaired) electrons. The van der Waals surface area contributed by atoms with Gasteiger partial charge >= 0.3 is 0 Å². The number of nitrogens with zero attached hydrogens (tertiary/aromatic N) is 1. The van der Waals surface area contributed by atoms with Crippen molar-refractivity contribution >= 4 is 27.3 Å². The molecule has 1 aliphatic carbocycles. The minimum absolute atomic E-state index is 0.0133. The van der Waals surface area contributed by atoms with Crippen LogP contribution in [0.2, 0.25) is 0 Å². The van der Waals surface area contributed by atoms with E-state index < -0.39 is 10.0 Å². The van der Waals surface area contributed by atoms with E-state index in [-0.39, 0.29) is 18.4 Å². The molecule has 1 saturated carbocycles. The Balaban J connectivity index is 1.56. The highest BCUT2D eigenvalue weighted by molar-refractivity contribution is 7.91. The molecule has 2 heterocycles. The Morgan fingerprint density at radius 2 is 1.62 bits per heavy atom. The number of piperidine rings is 1. The maximum atomic E-state index is 12.7. The van der Waals surface area contributed by atoms with Gasteiger partial charge in [-0.25, -0.2) is 8.42 Å². The summed E-state index contributed by atoms with van der Waals surface area (Å²) < 4.78 is 27.4. The fourth-order valence-corrected chi connectivity index (χ4v) is 6.89. The Labute approximate surface area is 161 Å². The number of hydrogen-bond acceptors (Lipinski definition) is 4. The topological polar surface area (TPSA) is 66.5 Å². The van der Waals surface area contributed by atoms with Gasteiger partial charge in [-0.1, -0.05) is 38.5 Å². The number of sulfonamides is 1. The fourth-order valence-electron chi connectivity index (χ4n) is 3.86. The Hall–Kier alpha value is -0.920. The van der Waals surface area contributed by atoms with Crippen LogP contribution in [0.4, 0.5) is 0 Å². The molecular weight excluding hydrogens is 368 g/mol. The molecule has 1 aliphatic heterocycles. The smallest absolute Gasteiger partial charge is 0.252 e. The lowest BCUT2D eigenvalue weighted by Crippen LogP contribution is -2.36. The van der Waals surface area contributed by atoms with E-state index in [9.17, 15) is 13.2 Å². The summed E-state index contributed by atoms with van der Waals surface area (Å²) in [5, 5.41) is 3.15. The monoisotopic (exact) mass is 398 g/mol. The van der Waals surface area contributed by atoms with Crippen molar-refractivity contribution in [1.82, 2.24) is 9.62 Å². The molecule has 146 valence electrons. The molecule has 0 spiro atoms. The van der Waals surface area contributed by atoms with Crippen LogP contribution in [0, 0.1) is 0 Å². The summed E-state index contributed by atoms with van der Waals surface area (Å²) in [5.74, 6) is 0.0133. The summed E-state index contributed by atoms with van der Waals surface area (Å²) in [5.41, 5.74) is 0. The van der Waals surface area contributed by atoms with Crippen molar-refractivity contribution in [3.05, 3.63) is 17.0 Å². The zero-order valence-electron chi connectivity index (χ0n) is 15.4. The number of thiophene rings is 1. The minimum atomic E-state index is -3.39. The molecule has 3 rings (SSSR count). The quantitative estimate of drug-likeness (QED) is 0.822. The zero-order chi connectivity index (χ0) is 18.4. The van der Waals surface area contributed by atoms with Gasteiger partial charge in [0, 0.05) is 24.0 Å². The van der Waals surface area contributed by atoms with Crippen LogP contribution in [0.5, 0.6) is 0 Å². The highest BCUT2D eigenvalue weighted by Crippen LogP contribution is 2.27. The van der Waals surface area contributed by atoms with Gasteiger partial charge in [0.2, 0.25) is 5.91 Å². The summed E-state index contributed by atoms with van der Waals surface area (Å²) in [7, 11) is -3.39. The largest absolute Gasteiger partial charge is 0.353 e. The second kappa shape index (κ2) is 9.33. The standard InChI is InChI=1S/C19H30N2O3S2/c22-18(20-16-9-5-2-1-3-6-10-16)15-17-11-12-19(25-17)26(23,24)21-13-7-4-8-14-21/h11-12,16H,1-10,13-15H2,(H,20,22). The van der Waals surface area contributed by atoms with E-state index in [1.165, 1.54) is 43.4 Å². The van der Waals surface area contributed by atoms with Crippen LogP contribution >= 0.6 is 11.3 Å². The van der Waals surface area contributed by atoms with Gasteiger partial charge in [-0.15, -0.1) is 11.3 Å². The molecule has 26 heavy (non-hydrogen) atoms. The van der Waals surface area contributed by atoms with Crippen LogP contribution in [-0.4, -0.2) is 37.8 Å². The maximum Gasteiger partial charge on any atom is 0.252 e. The van der Waals surface area contributed by atoms with Crippen LogP contribution in [0.1, 0.15) is 69.1 Å². The summed E-state index contributed by atoms with van der Waals surface area (Å²) in [4.78, 5) is 13.2. The van der Waals surface area contributed by atoms with Crippen molar-refractivity contribution in [1.29, 1.82) is 0 Å². The molecular formula is C19H30N2O3S2. The van der Waals surface area contributed by atoms with Gasteiger partial charge < -0.3 is 5.32 Å². The molecule has 0 unspecified atom stereocenters. The lowest BCUT2D eigenvalue weighted by molar-refractivity contribution is -0.121. The normalized spacial score (nSPS) is 21.1. The number of hydrogen-bond donors (Lipinski definition) is 1. The van der Waals surface area contributed by atoms with Crippen molar-refractivity contribution in [3.8, 4) is 0 Å². The molecule has 1 saturated heterocycles. The number of rotatable bonds is 5. The van der Waals surface area contributed by atoms with Crippen molar-refractivity contribution in [2.75, 3.05) is 13.1 Å². The first-order valence-electron chi connectivity index (χ1n) is 9.94. The predicted molar refractivity (Wildman–Crippen MR) is 105 cm³/mol. The Morgan fingerprint density at radius 1 is 1.00 bits per heavy atom. The van der Waals surface area contributed by atoms with Crippen molar-refractivity contribution in [2.45, 2.75) is 80.9 Å². The lowest BCUT2D eigenvalue weighted by Gasteiger charge is -2.25. The van der Waals surface area contributed by atoms with Gasteiger partial charge in [0.05, 0.1) is 6.42 Å². The molecule has 1 amide bonds. The number of carbonyl (C=O) groups excluding carboxylic acids is 1. The highest BCUT2D eigenvalue weighted by atomic mass is 32.2. The molecule has 0 bridgehead atoms. The summed E-state index contributed by atoms with van der Waals surface area (Å²) in [6.45, 7) is 1.22. The average molecular weight is 399 g/mol. The van der Waals surface area contributed by atoms with Gasteiger partial charge in [-0.05, 0) is 37.8 Å². The van der Waals surface area contributed by atoms with Crippen LogP contribution in [0.3, 0.4) is 0 Å². The third-order valence-electron chi connectivity index (χ3n) is 5.35. The van der Waals surface area contributed by atoms with E-state index in [1.54, 1.807) is 16.4 Å². The zero-order valence-corrected chi connectivity index (χ0v) is 17.0. The lowest BCUT2D eigenvalue weighted by atomic mass is 9.96. The predicted octanol–water partition coefficient (Wildman–Crippen LogP) is 3.69. The van der Waals surface area contributed by atoms with E-state index >= 15 is 0 Å². The van der Waals surface area contributed by atoms with Crippen LogP contribution in [-0.2, 0) is 21.2 Å². The number of nitrogens with one attached hydrogen (secondary N) is 1. The van der Waals surface area contributed by atoms with E-state index in [1.807, 2.05) is 0 Å². The van der Waals surface area contributed by atoms with Crippen LogP contribution < -0.4 is 5.32 Å². The second-order valence-corrected chi connectivity index (χ2v) is 10.8. The second-order valence-electron chi connectivity index (χ2n) is 7.47. The molecule has 2 fully saturated rings. The Kier molecular flexibility index (Phi) is 7.12. The Bertz CT molecular complexity index is 685. The molecule has 7 heteroatoms. The first-order valence-corrected chi connectivity index (χ1v) is 12.2. The highest BCUT2D eigenvalue weighted by Gasteiger charge is 2.27. The summed E-state index contributed by atoms with van der Waals surface area (Å²) in [6, 6.07) is 3.73. The van der Waals surface area contributed by atoms with Crippen molar-refractivity contribution in [2.24, 2.45) is 0 Å². The molecule has 1 aromatic heterocycles. The number of amides is 1. The minimum Gasteiger partial charge on any atom is -0.353 e. The van der Waals surface area contributed by atoms with E-state index in [2.05, 4.69) is 5.32 Å². The van der Waals surface area contributed by atoms with Gasteiger partial charge in [-0.3, -0.25) is 4.79 Å². The van der Waals surface area contributed by atoms with Gasteiger partial charge in [0.1, 0.15) is 4.21 Å². The molecule has 1 N–H and O–H groups in total. The molecule has 5 nitrogen and oxygen atoms in total. The Morgan fingerprint density at radius 3 is 2.31 bits per heavy atom. The molecule has 0 atom stereocenters. The average Bonchev–Trinajstić information content (AvgIpc) is 3.07. The molecule has 1 aromatic rings. The van der Waals surface area contributed by atoms with Crippen LogP contribution in [0.15, 0.2) is 16.3 Å². The first-order chi connectivity index (χ1) is 12.6. The van der Waals surface area contributed by atoms with E-state index in [4.69, 9.17) is 0 Å².